The molecule has 0 radical (unpaired) electrons. The van der Waals surface area contributed by atoms with Crippen LogP contribution in [0.3, 0.4) is 0 Å². The van der Waals surface area contributed by atoms with E-state index in [4.69, 9.17) is 4.74 Å². The van der Waals surface area contributed by atoms with Crippen LogP contribution < -0.4 is 15.4 Å². The van der Waals surface area contributed by atoms with Gasteiger partial charge in [-0.3, -0.25) is 4.79 Å². The van der Waals surface area contributed by atoms with Gasteiger partial charge in [0.25, 0.3) is 5.91 Å². The van der Waals surface area contributed by atoms with Gasteiger partial charge in [0.05, 0.1) is 29.7 Å². The molecule has 3 aromatic rings. The fourth-order valence-electron chi connectivity index (χ4n) is 4.46. The second-order valence-electron chi connectivity index (χ2n) is 9.88. The van der Waals surface area contributed by atoms with Crippen LogP contribution in [0.5, 0.6) is 5.75 Å². The Morgan fingerprint density at radius 2 is 1.68 bits per heavy atom. The lowest BCUT2D eigenvalue weighted by molar-refractivity contribution is 0.0387. The van der Waals surface area contributed by atoms with E-state index in [2.05, 4.69) is 10.6 Å². The molecule has 0 spiro atoms. The number of sulfonamides is 1. The SMILES string of the molecule is C[C@H]1CN([C@@H](C)CO)C(=O)c2cc(NC(=O)Nc3ccccc3)ccc2O[C@@H]1CN(C)S(=O)(=O)c1ccccc1. The summed E-state index contributed by atoms with van der Waals surface area (Å²) in [4.78, 5) is 27.9. The number of carbonyl (C=O) groups excluding carboxylic acids is 2. The van der Waals surface area contributed by atoms with E-state index in [-0.39, 0.29) is 47.7 Å². The molecule has 212 valence electrons. The van der Waals surface area contributed by atoms with Gasteiger partial charge in [0, 0.05) is 30.9 Å². The van der Waals surface area contributed by atoms with Crippen molar-refractivity contribution in [2.75, 3.05) is 37.4 Å². The Labute approximate surface area is 234 Å². The Bertz CT molecular complexity index is 1440. The molecule has 3 N–H and O–H groups in total. The van der Waals surface area contributed by atoms with Crippen molar-refractivity contribution in [3.63, 3.8) is 0 Å². The van der Waals surface area contributed by atoms with Gasteiger partial charge >= 0.3 is 6.03 Å². The van der Waals surface area contributed by atoms with E-state index >= 15 is 0 Å². The molecule has 0 saturated carbocycles. The van der Waals surface area contributed by atoms with Crippen LogP contribution in [0.15, 0.2) is 83.8 Å². The Balaban J connectivity index is 1.62. The zero-order valence-corrected chi connectivity index (χ0v) is 23.5. The highest BCUT2D eigenvalue weighted by Crippen LogP contribution is 2.31. The predicted octanol–water partition coefficient (Wildman–Crippen LogP) is 3.87. The quantitative estimate of drug-likeness (QED) is 0.380. The molecule has 3 aromatic carbocycles. The standard InChI is InChI=1S/C29H34N4O6S/c1-20-17-33(21(2)19-34)28(35)25-16-23(31-29(36)30-22-10-6-4-7-11-22)14-15-26(25)39-27(20)18-32(3)40(37,38)24-12-8-5-9-13-24/h4-16,20-21,27,34H,17-19H2,1-3H3,(H2,30,31,36)/t20-,21-,27+/m0/s1. The van der Waals surface area contributed by atoms with Gasteiger partial charge in [0.2, 0.25) is 10.0 Å². The lowest BCUT2D eigenvalue weighted by Crippen LogP contribution is -2.50. The largest absolute Gasteiger partial charge is 0.488 e. The first-order valence-electron chi connectivity index (χ1n) is 13.0. The number of aliphatic hydroxyl groups is 1. The lowest BCUT2D eigenvalue weighted by atomic mass is 9.99. The Kier molecular flexibility index (Phi) is 9.08. The number of amides is 3. The summed E-state index contributed by atoms with van der Waals surface area (Å²) in [6.07, 6.45) is -0.607. The summed E-state index contributed by atoms with van der Waals surface area (Å²) < 4.78 is 33.9. The van der Waals surface area contributed by atoms with Crippen molar-refractivity contribution in [2.24, 2.45) is 5.92 Å². The first-order chi connectivity index (χ1) is 19.1. The molecule has 4 rings (SSSR count). The predicted molar refractivity (Wildman–Crippen MR) is 153 cm³/mol. The third kappa shape index (κ3) is 6.61. The smallest absolute Gasteiger partial charge is 0.323 e. The summed E-state index contributed by atoms with van der Waals surface area (Å²) in [6, 6.07) is 20.8. The molecule has 40 heavy (non-hydrogen) atoms. The Hall–Kier alpha value is -3.93. The van der Waals surface area contributed by atoms with Crippen LogP contribution in [-0.2, 0) is 10.0 Å². The van der Waals surface area contributed by atoms with Crippen molar-refractivity contribution >= 4 is 33.3 Å². The number of benzene rings is 3. The van der Waals surface area contributed by atoms with Gasteiger partial charge in [-0.05, 0) is 49.4 Å². The van der Waals surface area contributed by atoms with Crippen LogP contribution in [-0.4, -0.2) is 73.6 Å². The molecule has 0 aromatic heterocycles. The average Bonchev–Trinajstić information content (AvgIpc) is 2.95. The number of nitrogens with zero attached hydrogens (tertiary/aromatic N) is 2. The van der Waals surface area contributed by atoms with Crippen LogP contribution in [0.4, 0.5) is 16.2 Å². The number of nitrogens with one attached hydrogen (secondary N) is 2. The fourth-order valence-corrected chi connectivity index (χ4v) is 5.66. The average molecular weight is 567 g/mol. The Morgan fingerprint density at radius 3 is 2.33 bits per heavy atom. The second kappa shape index (κ2) is 12.5. The second-order valence-corrected chi connectivity index (χ2v) is 11.9. The molecule has 1 heterocycles. The molecule has 10 nitrogen and oxygen atoms in total. The zero-order chi connectivity index (χ0) is 28.9. The summed E-state index contributed by atoms with van der Waals surface area (Å²) in [5, 5.41) is 15.3. The molecule has 0 saturated heterocycles. The van der Waals surface area contributed by atoms with Gasteiger partial charge in [-0.15, -0.1) is 0 Å². The number of para-hydroxylation sites is 1. The number of anilines is 2. The summed E-state index contributed by atoms with van der Waals surface area (Å²) in [6.45, 7) is 3.64. The molecule has 3 amide bonds. The van der Waals surface area contributed by atoms with E-state index in [9.17, 15) is 23.1 Å². The molecular weight excluding hydrogens is 532 g/mol. The van der Waals surface area contributed by atoms with E-state index in [1.807, 2.05) is 13.0 Å². The number of rotatable bonds is 8. The molecule has 11 heteroatoms. The van der Waals surface area contributed by atoms with Gasteiger partial charge in [0.15, 0.2) is 0 Å². The molecule has 0 unspecified atom stereocenters. The van der Waals surface area contributed by atoms with E-state index < -0.39 is 28.2 Å². The first-order valence-corrected chi connectivity index (χ1v) is 14.4. The Morgan fingerprint density at radius 1 is 1.05 bits per heavy atom. The summed E-state index contributed by atoms with van der Waals surface area (Å²) in [7, 11) is -2.28. The number of hydrogen-bond donors (Lipinski definition) is 3. The van der Waals surface area contributed by atoms with Crippen molar-refractivity contribution < 1.29 is 27.9 Å². The van der Waals surface area contributed by atoms with Crippen LogP contribution in [0.1, 0.15) is 24.2 Å². The van der Waals surface area contributed by atoms with Crippen LogP contribution in [0.25, 0.3) is 0 Å². The van der Waals surface area contributed by atoms with E-state index in [0.717, 1.165) is 0 Å². The molecule has 0 aliphatic carbocycles. The minimum absolute atomic E-state index is 0.0346. The van der Waals surface area contributed by atoms with E-state index in [0.29, 0.717) is 11.4 Å². The molecular formula is C29H34N4O6S. The van der Waals surface area contributed by atoms with E-state index in [1.54, 1.807) is 66.4 Å². The summed E-state index contributed by atoms with van der Waals surface area (Å²) >= 11 is 0. The number of fused-ring (bicyclic) bond motifs is 1. The third-order valence-corrected chi connectivity index (χ3v) is 8.68. The maximum atomic E-state index is 13.6. The maximum absolute atomic E-state index is 13.6. The molecule has 0 fully saturated rings. The number of aliphatic hydroxyl groups excluding tert-OH is 1. The topological polar surface area (TPSA) is 128 Å². The highest BCUT2D eigenvalue weighted by Gasteiger charge is 2.35. The highest BCUT2D eigenvalue weighted by atomic mass is 32.2. The van der Waals surface area contributed by atoms with Gasteiger partial charge in [-0.1, -0.05) is 43.3 Å². The lowest BCUT2D eigenvalue weighted by Gasteiger charge is -2.38. The third-order valence-electron chi connectivity index (χ3n) is 6.84. The fraction of sp³-hybridized carbons (Fsp3) is 0.310. The number of urea groups is 1. The first kappa shape index (κ1) is 29.1. The number of hydrogen-bond acceptors (Lipinski definition) is 6. The number of carbonyl (C=O) groups is 2. The van der Waals surface area contributed by atoms with Gasteiger partial charge in [-0.25, -0.2) is 13.2 Å². The van der Waals surface area contributed by atoms with Crippen LogP contribution in [0.2, 0.25) is 0 Å². The van der Waals surface area contributed by atoms with Gasteiger partial charge in [0.1, 0.15) is 11.9 Å². The van der Waals surface area contributed by atoms with Gasteiger partial charge < -0.3 is 25.4 Å². The molecule has 1 aliphatic heterocycles. The molecule has 3 atom stereocenters. The van der Waals surface area contributed by atoms with Crippen molar-refractivity contribution in [3.8, 4) is 5.75 Å². The molecule has 1 aliphatic rings. The van der Waals surface area contributed by atoms with Crippen molar-refractivity contribution in [1.82, 2.24) is 9.21 Å². The van der Waals surface area contributed by atoms with Crippen molar-refractivity contribution in [3.05, 3.63) is 84.4 Å². The van der Waals surface area contributed by atoms with Crippen LogP contribution in [0, 0.1) is 5.92 Å². The zero-order valence-electron chi connectivity index (χ0n) is 22.7. The number of likely N-dealkylation sites (N-methyl/N-ethyl adjacent to an activating group) is 1. The number of ether oxygens (including phenoxy) is 1. The minimum Gasteiger partial charge on any atom is -0.488 e. The summed E-state index contributed by atoms with van der Waals surface area (Å²) in [5.41, 5.74) is 1.18. The monoisotopic (exact) mass is 566 g/mol. The normalized spacial score (nSPS) is 18.2. The van der Waals surface area contributed by atoms with E-state index in [1.165, 1.54) is 29.6 Å². The maximum Gasteiger partial charge on any atom is 0.323 e. The summed E-state index contributed by atoms with van der Waals surface area (Å²) in [5.74, 6) is -0.371. The van der Waals surface area contributed by atoms with Gasteiger partial charge in [-0.2, -0.15) is 4.31 Å². The minimum atomic E-state index is -3.77. The van der Waals surface area contributed by atoms with Crippen molar-refractivity contribution in [1.29, 1.82) is 0 Å². The highest BCUT2D eigenvalue weighted by molar-refractivity contribution is 7.89. The molecule has 0 bridgehead atoms. The van der Waals surface area contributed by atoms with Crippen molar-refractivity contribution in [2.45, 2.75) is 30.9 Å². The van der Waals surface area contributed by atoms with Crippen LogP contribution >= 0.6 is 0 Å².